The Bertz CT molecular complexity index is 645. The third-order valence-electron chi connectivity index (χ3n) is 3.64. The highest BCUT2D eigenvalue weighted by molar-refractivity contribution is 5.93. The second-order valence-electron chi connectivity index (χ2n) is 7.90. The van der Waals surface area contributed by atoms with E-state index in [4.69, 9.17) is 9.47 Å². The van der Waals surface area contributed by atoms with Crippen LogP contribution in [0, 0.1) is 0 Å². The largest absolute Gasteiger partial charge is 0.494 e. The molecule has 0 saturated heterocycles. The van der Waals surface area contributed by atoms with Gasteiger partial charge in [0.2, 0.25) is 5.91 Å². The van der Waals surface area contributed by atoms with Gasteiger partial charge < -0.3 is 19.3 Å². The lowest BCUT2D eigenvalue weighted by Crippen LogP contribution is -2.41. The minimum atomic E-state index is -0.579. The van der Waals surface area contributed by atoms with Crippen molar-refractivity contribution in [3.8, 4) is 5.75 Å². The Hall–Kier alpha value is -2.34. The Kier molecular flexibility index (Phi) is 9.73. The maximum Gasteiger partial charge on any atom is 0.326 e. The lowest BCUT2D eigenvalue weighted by Gasteiger charge is -2.25. The molecule has 0 aliphatic carbocycles. The molecule has 0 aliphatic rings. The monoisotopic (exact) mass is 390 g/mol. The highest BCUT2D eigenvalue weighted by Gasteiger charge is 2.21. The van der Waals surface area contributed by atoms with Crippen LogP contribution in [0.25, 0.3) is 6.08 Å². The number of rotatable bonds is 10. The molecular formula is C22H34N2O4. The van der Waals surface area contributed by atoms with E-state index in [1.54, 1.807) is 6.08 Å². The van der Waals surface area contributed by atoms with Crippen LogP contribution in [-0.2, 0) is 14.3 Å². The number of benzene rings is 1. The van der Waals surface area contributed by atoms with E-state index in [2.05, 4.69) is 6.92 Å². The van der Waals surface area contributed by atoms with Crippen molar-refractivity contribution < 1.29 is 19.1 Å². The molecule has 0 saturated carbocycles. The van der Waals surface area contributed by atoms with Gasteiger partial charge in [-0.25, -0.2) is 0 Å². The van der Waals surface area contributed by atoms with Crippen molar-refractivity contribution in [2.24, 2.45) is 0 Å². The van der Waals surface area contributed by atoms with Crippen molar-refractivity contribution in [3.63, 3.8) is 0 Å². The molecule has 0 radical (unpaired) electrons. The van der Waals surface area contributed by atoms with Gasteiger partial charge >= 0.3 is 5.97 Å². The van der Waals surface area contributed by atoms with Crippen molar-refractivity contribution in [3.05, 3.63) is 35.9 Å². The van der Waals surface area contributed by atoms with Crippen LogP contribution in [0.3, 0.4) is 0 Å². The number of amides is 1. The second kappa shape index (κ2) is 11.5. The predicted molar refractivity (Wildman–Crippen MR) is 112 cm³/mol. The maximum absolute atomic E-state index is 12.6. The molecule has 0 unspecified atom stereocenters. The third-order valence-corrected chi connectivity index (χ3v) is 3.64. The molecule has 1 aromatic carbocycles. The quantitative estimate of drug-likeness (QED) is 0.453. The number of ether oxygens (including phenoxy) is 2. The number of hydrogen-bond acceptors (Lipinski definition) is 5. The molecule has 0 atom stereocenters. The van der Waals surface area contributed by atoms with Crippen LogP contribution in [0.1, 0.15) is 39.7 Å². The van der Waals surface area contributed by atoms with Gasteiger partial charge in [0.05, 0.1) is 6.61 Å². The molecule has 6 heteroatoms. The minimum absolute atomic E-state index is 0.0714. The molecule has 1 aromatic rings. The first-order valence-electron chi connectivity index (χ1n) is 9.67. The Morgan fingerprint density at radius 3 is 2.25 bits per heavy atom. The summed E-state index contributed by atoms with van der Waals surface area (Å²) in [5.41, 5.74) is 0.312. The molecule has 0 fully saturated rings. The summed E-state index contributed by atoms with van der Waals surface area (Å²) >= 11 is 0. The van der Waals surface area contributed by atoms with Crippen LogP contribution in [0.15, 0.2) is 30.3 Å². The highest BCUT2D eigenvalue weighted by Crippen LogP contribution is 2.14. The van der Waals surface area contributed by atoms with Crippen LogP contribution in [0.4, 0.5) is 0 Å². The van der Waals surface area contributed by atoms with E-state index in [1.165, 1.54) is 11.0 Å². The van der Waals surface area contributed by atoms with Gasteiger partial charge in [-0.05, 0) is 65.1 Å². The van der Waals surface area contributed by atoms with Crippen LogP contribution >= 0.6 is 0 Å². The molecule has 0 N–H and O–H groups in total. The van der Waals surface area contributed by atoms with Crippen molar-refractivity contribution in [2.45, 2.75) is 39.7 Å². The lowest BCUT2D eigenvalue weighted by molar-refractivity contribution is -0.158. The fraction of sp³-hybridized carbons (Fsp3) is 0.545. The fourth-order valence-electron chi connectivity index (χ4n) is 2.29. The topological polar surface area (TPSA) is 59.1 Å². The summed E-state index contributed by atoms with van der Waals surface area (Å²) < 4.78 is 10.9. The predicted octanol–water partition coefficient (Wildman–Crippen LogP) is 3.22. The number of carbonyl (C=O) groups excluding carboxylic acids is 2. The SMILES string of the molecule is CCCOc1ccc(/C=C/C(=O)N(CCN(C)C)CC(=O)OC(C)(C)C)cc1. The van der Waals surface area contributed by atoms with Crippen LogP contribution in [-0.4, -0.2) is 67.6 Å². The zero-order valence-electron chi connectivity index (χ0n) is 18.0. The molecular weight excluding hydrogens is 356 g/mol. The summed E-state index contributed by atoms with van der Waals surface area (Å²) in [6.07, 6.45) is 4.18. The van der Waals surface area contributed by atoms with Gasteiger partial charge in [-0.15, -0.1) is 0 Å². The molecule has 0 bridgehead atoms. The molecule has 0 aromatic heterocycles. The van der Waals surface area contributed by atoms with Gasteiger partial charge in [0.15, 0.2) is 0 Å². The zero-order valence-corrected chi connectivity index (χ0v) is 18.0. The van der Waals surface area contributed by atoms with Crippen molar-refractivity contribution >= 4 is 18.0 Å². The number of esters is 1. The first-order chi connectivity index (χ1) is 13.1. The minimum Gasteiger partial charge on any atom is -0.494 e. The van der Waals surface area contributed by atoms with Crippen molar-refractivity contribution in [1.29, 1.82) is 0 Å². The molecule has 28 heavy (non-hydrogen) atoms. The maximum atomic E-state index is 12.6. The third kappa shape index (κ3) is 10.1. The Morgan fingerprint density at radius 2 is 1.71 bits per heavy atom. The molecule has 0 heterocycles. The first kappa shape index (κ1) is 23.7. The summed E-state index contributed by atoms with van der Waals surface area (Å²) in [6, 6.07) is 7.55. The summed E-state index contributed by atoms with van der Waals surface area (Å²) in [7, 11) is 3.85. The van der Waals surface area contributed by atoms with E-state index in [-0.39, 0.29) is 12.5 Å². The average Bonchev–Trinajstić information content (AvgIpc) is 2.60. The number of hydrogen-bond donors (Lipinski definition) is 0. The summed E-state index contributed by atoms with van der Waals surface area (Å²) in [5, 5.41) is 0. The van der Waals surface area contributed by atoms with Crippen LogP contribution in [0.5, 0.6) is 5.75 Å². The average molecular weight is 391 g/mol. The number of nitrogens with zero attached hydrogens (tertiary/aromatic N) is 2. The van der Waals surface area contributed by atoms with Gasteiger partial charge in [0.25, 0.3) is 0 Å². The molecule has 1 rings (SSSR count). The van der Waals surface area contributed by atoms with Gasteiger partial charge in [-0.1, -0.05) is 19.1 Å². The Morgan fingerprint density at radius 1 is 1.07 bits per heavy atom. The van der Waals surface area contributed by atoms with E-state index in [0.717, 1.165) is 17.7 Å². The van der Waals surface area contributed by atoms with Gasteiger partial charge in [0, 0.05) is 19.2 Å². The van der Waals surface area contributed by atoms with E-state index in [0.29, 0.717) is 19.7 Å². The van der Waals surface area contributed by atoms with E-state index >= 15 is 0 Å². The standard InChI is InChI=1S/C22H34N2O4/c1-7-16-27-19-11-8-18(9-12-19)10-13-20(25)24(15-14-23(5)6)17-21(26)28-22(2,3)4/h8-13H,7,14-17H2,1-6H3/b13-10+. The second-order valence-corrected chi connectivity index (χ2v) is 7.90. The fourth-order valence-corrected chi connectivity index (χ4v) is 2.29. The van der Waals surface area contributed by atoms with Crippen LogP contribution < -0.4 is 4.74 Å². The summed E-state index contributed by atoms with van der Waals surface area (Å²) in [4.78, 5) is 28.2. The number of likely N-dealkylation sites (N-methyl/N-ethyl adjacent to an activating group) is 1. The van der Waals surface area contributed by atoms with Gasteiger partial charge in [-0.3, -0.25) is 9.59 Å². The Balaban J connectivity index is 2.75. The zero-order chi connectivity index (χ0) is 21.2. The Labute approximate surface area is 169 Å². The highest BCUT2D eigenvalue weighted by atomic mass is 16.6. The molecule has 6 nitrogen and oxygen atoms in total. The smallest absolute Gasteiger partial charge is 0.326 e. The van der Waals surface area contributed by atoms with Crippen molar-refractivity contribution in [2.75, 3.05) is 40.3 Å². The van der Waals surface area contributed by atoms with Gasteiger partial charge in [-0.2, -0.15) is 0 Å². The van der Waals surface area contributed by atoms with Gasteiger partial charge in [0.1, 0.15) is 17.9 Å². The summed E-state index contributed by atoms with van der Waals surface area (Å²) in [6.45, 7) is 9.20. The normalized spacial score (nSPS) is 11.7. The number of carbonyl (C=O) groups is 2. The first-order valence-corrected chi connectivity index (χ1v) is 9.67. The lowest BCUT2D eigenvalue weighted by atomic mass is 10.2. The van der Waals surface area contributed by atoms with Crippen molar-refractivity contribution in [1.82, 2.24) is 9.80 Å². The van der Waals surface area contributed by atoms with Crippen LogP contribution in [0.2, 0.25) is 0 Å². The summed E-state index contributed by atoms with van der Waals surface area (Å²) in [5.74, 6) is 0.173. The molecule has 0 aliphatic heterocycles. The van der Waals surface area contributed by atoms with E-state index in [9.17, 15) is 9.59 Å². The molecule has 156 valence electrons. The van der Waals surface area contributed by atoms with E-state index < -0.39 is 11.6 Å². The molecule has 0 spiro atoms. The van der Waals surface area contributed by atoms with E-state index in [1.807, 2.05) is 64.0 Å². The molecule has 1 amide bonds.